The molecule has 0 aromatic heterocycles. The van der Waals surface area contributed by atoms with E-state index < -0.39 is 12.0 Å². The van der Waals surface area contributed by atoms with Gasteiger partial charge in [-0.2, -0.15) is 0 Å². The molecule has 0 saturated carbocycles. The van der Waals surface area contributed by atoms with Crippen LogP contribution in [0.25, 0.3) is 0 Å². The summed E-state index contributed by atoms with van der Waals surface area (Å²) in [5, 5.41) is 2.64. The van der Waals surface area contributed by atoms with E-state index in [2.05, 4.69) is 10.1 Å². The lowest BCUT2D eigenvalue weighted by atomic mass is 10.0. The van der Waals surface area contributed by atoms with E-state index in [-0.39, 0.29) is 36.6 Å². The largest absolute Gasteiger partial charge is 0.467 e. The highest BCUT2D eigenvalue weighted by molar-refractivity contribution is 6.21. The van der Waals surface area contributed by atoms with Crippen molar-refractivity contribution in [3.05, 3.63) is 34.9 Å². The number of imide groups is 1. The van der Waals surface area contributed by atoms with Crippen LogP contribution >= 0.6 is 0 Å². The zero-order valence-electron chi connectivity index (χ0n) is 15.5. The minimum Gasteiger partial charge on any atom is -0.467 e. The highest BCUT2D eigenvalue weighted by Gasteiger charge is 2.35. The van der Waals surface area contributed by atoms with Crippen molar-refractivity contribution in [1.82, 2.24) is 10.2 Å². The van der Waals surface area contributed by atoms with Crippen molar-refractivity contribution in [1.29, 1.82) is 0 Å². The third-order valence-electron chi connectivity index (χ3n) is 4.35. The molecule has 0 aliphatic carbocycles. The number of nitrogens with zero attached hydrogens (tertiary/aromatic N) is 1. The van der Waals surface area contributed by atoms with Crippen LogP contribution in [-0.2, 0) is 14.3 Å². The molecular weight excluding hydrogens is 336 g/mol. The predicted octanol–water partition coefficient (Wildman–Crippen LogP) is 1.69. The number of nitrogens with one attached hydrogen (secondary N) is 1. The average Bonchev–Trinajstić information content (AvgIpc) is 2.83. The van der Waals surface area contributed by atoms with Crippen LogP contribution in [0.1, 0.15) is 53.0 Å². The zero-order chi connectivity index (χ0) is 19.4. The molecule has 1 atom stereocenters. The fraction of sp³-hybridized carbons (Fsp3) is 0.474. The van der Waals surface area contributed by atoms with Gasteiger partial charge in [0.25, 0.3) is 11.8 Å². The lowest BCUT2D eigenvalue weighted by Gasteiger charge is -2.20. The number of carbonyl (C=O) groups excluding carboxylic acids is 4. The van der Waals surface area contributed by atoms with Gasteiger partial charge < -0.3 is 10.1 Å². The topological polar surface area (TPSA) is 92.8 Å². The molecule has 0 spiro atoms. The van der Waals surface area contributed by atoms with Crippen LogP contribution < -0.4 is 5.32 Å². The second-order valence-corrected chi connectivity index (χ2v) is 6.73. The van der Waals surface area contributed by atoms with Crippen LogP contribution in [0.2, 0.25) is 0 Å². The molecule has 1 aromatic rings. The normalized spacial score (nSPS) is 14.4. The fourth-order valence-corrected chi connectivity index (χ4v) is 2.88. The molecule has 7 heteroatoms. The molecule has 1 aliphatic rings. The smallest absolute Gasteiger partial charge is 0.328 e. The van der Waals surface area contributed by atoms with Crippen molar-refractivity contribution >= 4 is 23.7 Å². The summed E-state index contributed by atoms with van der Waals surface area (Å²) < 4.78 is 4.68. The van der Waals surface area contributed by atoms with Gasteiger partial charge in [0, 0.05) is 13.0 Å². The molecule has 0 unspecified atom stereocenters. The summed E-state index contributed by atoms with van der Waals surface area (Å²) in [6.07, 6.45) is 0.426. The van der Waals surface area contributed by atoms with E-state index in [1.54, 1.807) is 18.2 Å². The maximum absolute atomic E-state index is 12.4. The van der Waals surface area contributed by atoms with Gasteiger partial charge in [-0.15, -0.1) is 0 Å². The molecule has 0 saturated heterocycles. The number of amides is 3. The Bertz CT molecular complexity index is 741. The van der Waals surface area contributed by atoms with Crippen LogP contribution in [0.5, 0.6) is 0 Å². The van der Waals surface area contributed by atoms with Crippen LogP contribution in [0.4, 0.5) is 0 Å². The highest BCUT2D eigenvalue weighted by atomic mass is 16.5. The number of rotatable bonds is 7. The molecule has 0 bridgehead atoms. The molecule has 1 N–H and O–H groups in total. The Morgan fingerprint density at radius 2 is 1.81 bits per heavy atom. The first-order chi connectivity index (χ1) is 12.3. The highest BCUT2D eigenvalue weighted by Crippen LogP contribution is 2.24. The number of benzene rings is 1. The summed E-state index contributed by atoms with van der Waals surface area (Å²) in [5.41, 5.74) is 1.72. The molecule has 26 heavy (non-hydrogen) atoms. The summed E-state index contributed by atoms with van der Waals surface area (Å²) in [4.78, 5) is 49.6. The van der Waals surface area contributed by atoms with Gasteiger partial charge in [0.2, 0.25) is 5.91 Å². The minimum absolute atomic E-state index is 0.104. The second kappa shape index (κ2) is 8.12. The van der Waals surface area contributed by atoms with Crippen LogP contribution in [0, 0.1) is 12.8 Å². The number of carbonyl (C=O) groups is 4. The minimum atomic E-state index is -0.713. The summed E-state index contributed by atoms with van der Waals surface area (Å²) in [6.45, 7) is 5.63. The molecule has 2 rings (SSSR count). The maximum atomic E-state index is 12.4. The third kappa shape index (κ3) is 4.09. The Labute approximate surface area is 152 Å². The van der Waals surface area contributed by atoms with Gasteiger partial charge in [0.05, 0.1) is 18.2 Å². The predicted molar refractivity (Wildman–Crippen MR) is 94.6 cm³/mol. The Morgan fingerprint density at radius 3 is 2.42 bits per heavy atom. The zero-order valence-corrected chi connectivity index (χ0v) is 15.5. The number of ether oxygens (including phenoxy) is 1. The van der Waals surface area contributed by atoms with Crippen LogP contribution in [0.3, 0.4) is 0 Å². The lowest BCUT2D eigenvalue weighted by Crippen LogP contribution is -2.45. The van der Waals surface area contributed by atoms with Gasteiger partial charge in [-0.3, -0.25) is 19.3 Å². The molecule has 1 aliphatic heterocycles. The molecule has 0 radical (unpaired) electrons. The molecule has 1 heterocycles. The standard InChI is InChI=1S/C19H24N2O5/c1-11(2)16(19(25)26-4)20-15(22)6-5-9-21-17(23)13-8-7-12(3)10-14(13)18(21)24/h7-8,10-11,16H,5-6,9H2,1-4H3,(H,20,22)/t16-/m0/s1. The average molecular weight is 360 g/mol. The van der Waals surface area contributed by atoms with Gasteiger partial charge >= 0.3 is 5.97 Å². The van der Waals surface area contributed by atoms with E-state index in [0.717, 1.165) is 10.5 Å². The summed E-state index contributed by atoms with van der Waals surface area (Å²) in [5.74, 6) is -1.58. The Kier molecular flexibility index (Phi) is 6.13. The van der Waals surface area contributed by atoms with Gasteiger partial charge in [-0.25, -0.2) is 4.79 Å². The van der Waals surface area contributed by atoms with E-state index in [1.807, 2.05) is 20.8 Å². The van der Waals surface area contributed by atoms with Crippen LogP contribution in [0.15, 0.2) is 18.2 Å². The van der Waals surface area contributed by atoms with Gasteiger partial charge in [-0.1, -0.05) is 25.5 Å². The Balaban J connectivity index is 1.90. The number of esters is 1. The summed E-state index contributed by atoms with van der Waals surface area (Å²) >= 11 is 0. The number of hydrogen-bond acceptors (Lipinski definition) is 5. The van der Waals surface area contributed by atoms with E-state index in [4.69, 9.17) is 0 Å². The van der Waals surface area contributed by atoms with Crippen molar-refractivity contribution < 1.29 is 23.9 Å². The lowest BCUT2D eigenvalue weighted by molar-refractivity contribution is -0.146. The van der Waals surface area contributed by atoms with Crippen LogP contribution in [-0.4, -0.2) is 48.3 Å². The Hall–Kier alpha value is -2.70. The first-order valence-electron chi connectivity index (χ1n) is 8.60. The third-order valence-corrected chi connectivity index (χ3v) is 4.35. The van der Waals surface area contributed by atoms with Crippen molar-refractivity contribution in [3.63, 3.8) is 0 Å². The van der Waals surface area contributed by atoms with E-state index in [9.17, 15) is 19.2 Å². The molecular formula is C19H24N2O5. The SMILES string of the molecule is COC(=O)[C@@H](NC(=O)CCCN1C(=O)c2ccc(C)cc2C1=O)C(C)C. The van der Waals surface area contributed by atoms with Crippen molar-refractivity contribution in [3.8, 4) is 0 Å². The van der Waals surface area contributed by atoms with Crippen molar-refractivity contribution in [2.75, 3.05) is 13.7 Å². The number of methoxy groups -OCH3 is 1. The quantitative estimate of drug-likeness (QED) is 0.590. The Morgan fingerprint density at radius 1 is 1.15 bits per heavy atom. The molecule has 0 fully saturated rings. The number of fused-ring (bicyclic) bond motifs is 1. The first kappa shape index (κ1) is 19.6. The molecule has 3 amide bonds. The second-order valence-electron chi connectivity index (χ2n) is 6.73. The summed E-state index contributed by atoms with van der Waals surface area (Å²) in [7, 11) is 1.27. The first-order valence-corrected chi connectivity index (χ1v) is 8.60. The summed E-state index contributed by atoms with van der Waals surface area (Å²) in [6, 6.07) is 4.43. The number of hydrogen-bond donors (Lipinski definition) is 1. The van der Waals surface area contributed by atoms with E-state index in [0.29, 0.717) is 17.5 Å². The number of aryl methyl sites for hydroxylation is 1. The van der Waals surface area contributed by atoms with E-state index >= 15 is 0 Å². The monoisotopic (exact) mass is 360 g/mol. The molecule has 140 valence electrons. The van der Waals surface area contributed by atoms with Gasteiger partial charge in [0.15, 0.2) is 0 Å². The van der Waals surface area contributed by atoms with Gasteiger partial charge in [-0.05, 0) is 31.4 Å². The maximum Gasteiger partial charge on any atom is 0.328 e. The van der Waals surface area contributed by atoms with E-state index in [1.165, 1.54) is 7.11 Å². The van der Waals surface area contributed by atoms with Crippen molar-refractivity contribution in [2.45, 2.75) is 39.7 Å². The van der Waals surface area contributed by atoms with Gasteiger partial charge in [0.1, 0.15) is 6.04 Å². The van der Waals surface area contributed by atoms with Crippen molar-refractivity contribution in [2.24, 2.45) is 5.92 Å². The molecule has 7 nitrogen and oxygen atoms in total. The molecule has 1 aromatic carbocycles. The fourth-order valence-electron chi connectivity index (χ4n) is 2.88.